The SMILES string of the molecule is Cc1c(Cc2c(Cl)cccc2Cl)c(=O)ccn1/C=C/c1ccc(-c2cn(COCC[Si](C)(C)C)c(CNC(=O)OCc3ccccc3)n2)cc1. The molecular formula is C39H42Cl2N4O4Si. The van der Waals surface area contributed by atoms with Gasteiger partial charge in [-0.2, -0.15) is 0 Å². The van der Waals surface area contributed by atoms with E-state index in [1.165, 1.54) is 0 Å². The summed E-state index contributed by atoms with van der Waals surface area (Å²) in [6.45, 7) is 10.2. The van der Waals surface area contributed by atoms with Crippen molar-refractivity contribution in [3.63, 3.8) is 0 Å². The summed E-state index contributed by atoms with van der Waals surface area (Å²) in [6, 6.07) is 25.5. The van der Waals surface area contributed by atoms with E-state index in [4.69, 9.17) is 37.7 Å². The molecule has 0 aliphatic rings. The molecule has 8 nitrogen and oxygen atoms in total. The number of ether oxygens (including phenoxy) is 2. The summed E-state index contributed by atoms with van der Waals surface area (Å²) in [5.74, 6) is 0.663. The number of rotatable bonds is 14. The van der Waals surface area contributed by atoms with Crippen molar-refractivity contribution in [3.05, 3.63) is 145 Å². The molecule has 0 saturated carbocycles. The number of carbonyl (C=O) groups excluding carboxylic acids is 1. The Morgan fingerprint density at radius 2 is 1.66 bits per heavy atom. The molecule has 5 rings (SSSR count). The van der Waals surface area contributed by atoms with Crippen molar-refractivity contribution in [2.24, 2.45) is 0 Å². The second kappa shape index (κ2) is 17.0. The summed E-state index contributed by atoms with van der Waals surface area (Å²) < 4.78 is 15.3. The van der Waals surface area contributed by atoms with Crippen LogP contribution in [-0.4, -0.2) is 34.9 Å². The molecule has 0 unspecified atom stereocenters. The Balaban J connectivity index is 1.28. The highest BCUT2D eigenvalue weighted by atomic mass is 35.5. The summed E-state index contributed by atoms with van der Waals surface area (Å²) in [6.07, 6.45) is 7.44. The maximum Gasteiger partial charge on any atom is 0.407 e. The molecule has 1 N–H and O–H groups in total. The van der Waals surface area contributed by atoms with Crippen LogP contribution in [0.4, 0.5) is 4.79 Å². The Morgan fingerprint density at radius 1 is 0.940 bits per heavy atom. The molecule has 2 heterocycles. The first-order valence-electron chi connectivity index (χ1n) is 16.5. The third-order valence-corrected chi connectivity index (χ3v) is 10.7. The lowest BCUT2D eigenvalue weighted by molar-refractivity contribution is 0.0845. The standard InChI is InChI=1S/C39H42Cl2N4O4Si/c1-28-32(23-33-34(40)11-8-12-35(33)41)37(46)18-20-44(28)19-17-29-13-15-31(16-14-29)36-25-45(27-48-21-22-50(2,3)4)38(43-36)24-42-39(47)49-26-30-9-6-5-7-10-30/h5-20,25H,21-24,26-27H2,1-4H3,(H,42,47)/b19-17+. The van der Waals surface area contributed by atoms with Crippen LogP contribution < -0.4 is 10.7 Å². The van der Waals surface area contributed by atoms with Crippen LogP contribution >= 0.6 is 23.2 Å². The van der Waals surface area contributed by atoms with E-state index >= 15 is 0 Å². The number of halogens is 2. The lowest BCUT2D eigenvalue weighted by atomic mass is 10.0. The summed E-state index contributed by atoms with van der Waals surface area (Å²) >= 11 is 12.8. The van der Waals surface area contributed by atoms with Gasteiger partial charge in [0.05, 0.1) is 12.2 Å². The van der Waals surface area contributed by atoms with Crippen molar-refractivity contribution < 1.29 is 14.3 Å². The van der Waals surface area contributed by atoms with Crippen LogP contribution in [0.1, 0.15) is 33.8 Å². The molecule has 0 bridgehead atoms. The average molecular weight is 730 g/mol. The predicted molar refractivity (Wildman–Crippen MR) is 205 cm³/mol. The predicted octanol–water partition coefficient (Wildman–Crippen LogP) is 9.28. The molecule has 2 aromatic heterocycles. The van der Waals surface area contributed by atoms with Crippen LogP contribution in [-0.2, 0) is 35.8 Å². The highest BCUT2D eigenvalue weighted by molar-refractivity contribution is 6.76. The van der Waals surface area contributed by atoms with Gasteiger partial charge in [0.25, 0.3) is 0 Å². The lowest BCUT2D eigenvalue weighted by Crippen LogP contribution is -2.26. The first kappa shape index (κ1) is 36.9. The molecule has 3 aromatic carbocycles. The third-order valence-electron chi connectivity index (χ3n) is 8.25. The maximum absolute atomic E-state index is 12.8. The highest BCUT2D eigenvalue weighted by Gasteiger charge is 2.15. The molecule has 1 amide bonds. The van der Waals surface area contributed by atoms with Crippen molar-refractivity contribution in [2.75, 3.05) is 6.61 Å². The number of hydrogen-bond acceptors (Lipinski definition) is 5. The van der Waals surface area contributed by atoms with Gasteiger partial charge in [-0.3, -0.25) is 4.79 Å². The van der Waals surface area contributed by atoms with E-state index in [-0.39, 0.29) is 18.6 Å². The van der Waals surface area contributed by atoms with Gasteiger partial charge in [0.15, 0.2) is 5.43 Å². The van der Waals surface area contributed by atoms with Gasteiger partial charge < -0.3 is 23.9 Å². The number of nitrogens with one attached hydrogen (secondary N) is 1. The van der Waals surface area contributed by atoms with E-state index in [9.17, 15) is 9.59 Å². The fourth-order valence-corrected chi connectivity index (χ4v) is 6.48. The smallest absolute Gasteiger partial charge is 0.407 e. The molecule has 0 aliphatic heterocycles. The number of alkyl carbamates (subject to hydrolysis) is 1. The first-order chi connectivity index (χ1) is 24.0. The molecule has 50 heavy (non-hydrogen) atoms. The minimum absolute atomic E-state index is 0.0629. The Labute approximate surface area is 304 Å². The van der Waals surface area contributed by atoms with Crippen LogP contribution in [0.25, 0.3) is 23.5 Å². The number of imidazole rings is 1. The van der Waals surface area contributed by atoms with Gasteiger partial charge >= 0.3 is 6.09 Å². The fraction of sp³-hybridized carbons (Fsp3) is 0.256. The minimum Gasteiger partial charge on any atom is -0.445 e. The number of aromatic nitrogens is 3. The topological polar surface area (TPSA) is 87.4 Å². The maximum atomic E-state index is 12.8. The van der Waals surface area contributed by atoms with Gasteiger partial charge in [-0.05, 0) is 47.9 Å². The van der Waals surface area contributed by atoms with Crippen LogP contribution in [0, 0.1) is 6.92 Å². The second-order valence-corrected chi connectivity index (χ2v) is 19.7. The fourth-order valence-electron chi connectivity index (χ4n) is 5.19. The van der Waals surface area contributed by atoms with E-state index in [0.29, 0.717) is 41.2 Å². The molecule has 260 valence electrons. The molecule has 0 atom stereocenters. The Morgan fingerprint density at radius 3 is 2.36 bits per heavy atom. The van der Waals surface area contributed by atoms with Crippen molar-refractivity contribution in [2.45, 2.75) is 58.9 Å². The van der Waals surface area contributed by atoms with E-state index in [2.05, 4.69) is 25.0 Å². The van der Waals surface area contributed by atoms with E-state index < -0.39 is 14.2 Å². The zero-order chi connectivity index (χ0) is 35.7. The summed E-state index contributed by atoms with van der Waals surface area (Å²) in [5.41, 5.74) is 5.69. The molecule has 0 radical (unpaired) electrons. The van der Waals surface area contributed by atoms with Gasteiger partial charge in [-0.25, -0.2) is 9.78 Å². The Bertz CT molecular complexity index is 1980. The van der Waals surface area contributed by atoms with Gasteiger partial charge in [0.1, 0.15) is 19.2 Å². The molecule has 11 heteroatoms. The number of carbonyl (C=O) groups is 1. The Hall–Kier alpha value is -4.41. The number of benzene rings is 3. The molecule has 0 saturated heterocycles. The van der Waals surface area contributed by atoms with Crippen LogP contribution in [0.15, 0.2) is 96.1 Å². The van der Waals surface area contributed by atoms with Crippen LogP contribution in [0.5, 0.6) is 0 Å². The third kappa shape index (κ3) is 10.3. The van der Waals surface area contributed by atoms with E-state index in [1.807, 2.05) is 89.1 Å². The molecule has 0 fully saturated rings. The largest absolute Gasteiger partial charge is 0.445 e. The van der Waals surface area contributed by atoms with E-state index in [1.54, 1.807) is 30.5 Å². The first-order valence-corrected chi connectivity index (χ1v) is 20.9. The normalized spacial score (nSPS) is 11.6. The number of pyridine rings is 1. The Kier molecular flexibility index (Phi) is 12.5. The highest BCUT2D eigenvalue weighted by Crippen LogP contribution is 2.27. The monoisotopic (exact) mass is 728 g/mol. The van der Waals surface area contributed by atoms with Crippen molar-refractivity contribution in [1.82, 2.24) is 19.4 Å². The van der Waals surface area contributed by atoms with Gasteiger partial charge in [0, 0.05) is 72.6 Å². The van der Waals surface area contributed by atoms with E-state index in [0.717, 1.165) is 39.7 Å². The van der Waals surface area contributed by atoms with Gasteiger partial charge in [-0.15, -0.1) is 0 Å². The summed E-state index contributed by atoms with van der Waals surface area (Å²) in [7, 11) is -1.24. The molecular weight excluding hydrogens is 687 g/mol. The number of amides is 1. The number of nitrogens with zero attached hydrogens (tertiary/aromatic N) is 3. The average Bonchev–Trinajstić information content (AvgIpc) is 3.50. The summed E-state index contributed by atoms with van der Waals surface area (Å²) in [5, 5.41) is 3.89. The quantitative estimate of drug-likeness (QED) is 0.0910. The van der Waals surface area contributed by atoms with Crippen LogP contribution in [0.2, 0.25) is 35.7 Å². The van der Waals surface area contributed by atoms with Crippen LogP contribution in [0.3, 0.4) is 0 Å². The van der Waals surface area contributed by atoms with Crippen molar-refractivity contribution in [3.8, 4) is 11.3 Å². The van der Waals surface area contributed by atoms with Crippen molar-refractivity contribution in [1.29, 1.82) is 0 Å². The van der Waals surface area contributed by atoms with Crippen molar-refractivity contribution >= 4 is 49.6 Å². The van der Waals surface area contributed by atoms with Gasteiger partial charge in [-0.1, -0.05) is 104 Å². The molecule has 0 spiro atoms. The zero-order valence-electron chi connectivity index (χ0n) is 28.8. The lowest BCUT2D eigenvalue weighted by Gasteiger charge is -2.16. The second-order valence-electron chi connectivity index (χ2n) is 13.2. The van der Waals surface area contributed by atoms with Gasteiger partial charge in [0.2, 0.25) is 0 Å². The zero-order valence-corrected chi connectivity index (χ0v) is 31.3. The number of hydrogen-bond donors (Lipinski definition) is 1. The summed E-state index contributed by atoms with van der Waals surface area (Å²) in [4.78, 5) is 30.1. The molecule has 0 aliphatic carbocycles. The molecule has 5 aromatic rings. The minimum atomic E-state index is -1.24.